The van der Waals surface area contributed by atoms with Gasteiger partial charge < -0.3 is 15.1 Å². The Labute approximate surface area is 162 Å². The van der Waals surface area contributed by atoms with E-state index in [9.17, 15) is 9.59 Å². The fourth-order valence-electron chi connectivity index (χ4n) is 3.27. The third-order valence-electron chi connectivity index (χ3n) is 5.09. The highest BCUT2D eigenvalue weighted by atomic mass is 35.5. The van der Waals surface area contributed by atoms with Crippen LogP contribution in [0.25, 0.3) is 0 Å². The van der Waals surface area contributed by atoms with E-state index in [1.807, 2.05) is 28.0 Å². The van der Waals surface area contributed by atoms with Crippen LogP contribution in [0.1, 0.15) is 31.2 Å². The van der Waals surface area contributed by atoms with Crippen molar-refractivity contribution < 1.29 is 9.59 Å². The van der Waals surface area contributed by atoms with Gasteiger partial charge in [-0.3, -0.25) is 9.59 Å². The largest absolute Gasteiger partial charge is 0.339 e. The Morgan fingerprint density at radius 2 is 1.58 bits per heavy atom. The van der Waals surface area contributed by atoms with E-state index in [2.05, 4.69) is 17.4 Å². The molecule has 0 unspecified atom stereocenters. The van der Waals surface area contributed by atoms with Crippen LogP contribution in [0.15, 0.2) is 30.3 Å². The third kappa shape index (κ3) is 6.61. The number of nitrogens with zero attached hydrogens (tertiary/aromatic N) is 2. The monoisotopic (exact) mass is 379 g/mol. The maximum absolute atomic E-state index is 12.3. The predicted octanol–water partition coefficient (Wildman–Crippen LogP) is 2.10. The second kappa shape index (κ2) is 10.5. The minimum absolute atomic E-state index is 0. The van der Waals surface area contributed by atoms with Gasteiger partial charge in [-0.05, 0) is 43.7 Å². The number of carbonyl (C=O) groups excluding carboxylic acids is 2. The molecule has 1 aromatic rings. The molecule has 0 bridgehead atoms. The number of rotatable bonds is 8. The highest BCUT2D eigenvalue weighted by molar-refractivity contribution is 5.85. The first kappa shape index (κ1) is 20.7. The summed E-state index contributed by atoms with van der Waals surface area (Å²) in [5.74, 6) is 1.17. The zero-order chi connectivity index (χ0) is 17.5. The highest BCUT2D eigenvalue weighted by Crippen LogP contribution is 2.27. The van der Waals surface area contributed by atoms with E-state index in [1.54, 1.807) is 0 Å². The molecule has 5 nitrogen and oxygen atoms in total. The molecule has 6 heteroatoms. The summed E-state index contributed by atoms with van der Waals surface area (Å²) in [5, 5.41) is 3.25. The summed E-state index contributed by atoms with van der Waals surface area (Å²) in [6.45, 7) is 4.05. The average Bonchev–Trinajstić information content (AvgIpc) is 3.47. The molecular formula is C20H30ClN3O2. The number of halogens is 1. The molecule has 2 amide bonds. The molecule has 26 heavy (non-hydrogen) atoms. The molecule has 144 valence electrons. The van der Waals surface area contributed by atoms with E-state index in [0.717, 1.165) is 25.3 Å². The Morgan fingerprint density at radius 1 is 0.962 bits per heavy atom. The fourth-order valence-corrected chi connectivity index (χ4v) is 3.27. The number of nitrogens with one attached hydrogen (secondary N) is 1. The molecule has 1 aromatic carbocycles. The van der Waals surface area contributed by atoms with E-state index in [4.69, 9.17) is 0 Å². The second-order valence-electron chi connectivity index (χ2n) is 7.18. The number of hydrogen-bond donors (Lipinski definition) is 1. The topological polar surface area (TPSA) is 52.7 Å². The smallest absolute Gasteiger partial charge is 0.236 e. The Bertz CT molecular complexity index is 570. The molecule has 1 saturated heterocycles. The van der Waals surface area contributed by atoms with Crippen LogP contribution >= 0.6 is 12.4 Å². The number of benzene rings is 1. The molecule has 1 aliphatic heterocycles. The summed E-state index contributed by atoms with van der Waals surface area (Å²) < 4.78 is 0. The Hall–Kier alpha value is -1.59. The number of hydrogen-bond acceptors (Lipinski definition) is 3. The minimum atomic E-state index is 0. The first-order valence-corrected chi connectivity index (χ1v) is 9.52. The molecule has 1 saturated carbocycles. The van der Waals surface area contributed by atoms with E-state index < -0.39 is 0 Å². The molecule has 2 fully saturated rings. The van der Waals surface area contributed by atoms with Crippen molar-refractivity contribution in [2.75, 3.05) is 39.3 Å². The van der Waals surface area contributed by atoms with Crippen LogP contribution in [0.5, 0.6) is 0 Å². The summed E-state index contributed by atoms with van der Waals surface area (Å²) in [4.78, 5) is 28.3. The van der Waals surface area contributed by atoms with Crippen LogP contribution in [0.4, 0.5) is 0 Å². The molecule has 2 aliphatic rings. The molecule has 0 radical (unpaired) electrons. The lowest BCUT2D eigenvalue weighted by atomic mass is 10.1. The highest BCUT2D eigenvalue weighted by Gasteiger charge is 2.25. The zero-order valence-corrected chi connectivity index (χ0v) is 16.2. The van der Waals surface area contributed by atoms with Gasteiger partial charge in [0.25, 0.3) is 0 Å². The molecule has 0 spiro atoms. The second-order valence-corrected chi connectivity index (χ2v) is 7.18. The zero-order valence-electron chi connectivity index (χ0n) is 15.4. The van der Waals surface area contributed by atoms with Gasteiger partial charge in [-0.15, -0.1) is 12.4 Å². The first-order chi connectivity index (χ1) is 12.2. The summed E-state index contributed by atoms with van der Waals surface area (Å²) in [6, 6.07) is 10.3. The van der Waals surface area contributed by atoms with Crippen LogP contribution in [0, 0.1) is 5.92 Å². The molecule has 1 heterocycles. The standard InChI is InChI=1S/C20H29N3O2.ClH/c24-19(8-4-7-17-5-2-1-3-6-17)22-11-13-23(14-12-22)20(25)16-21-15-18-9-10-18;/h1-3,5-6,18,21H,4,7-16H2;1H. The van der Waals surface area contributed by atoms with E-state index in [0.29, 0.717) is 39.1 Å². The molecule has 1 N–H and O–H groups in total. The lowest BCUT2D eigenvalue weighted by molar-refractivity contribution is -0.139. The maximum Gasteiger partial charge on any atom is 0.236 e. The van der Waals surface area contributed by atoms with Crippen molar-refractivity contribution in [2.24, 2.45) is 5.92 Å². The fraction of sp³-hybridized carbons (Fsp3) is 0.600. The van der Waals surface area contributed by atoms with Gasteiger partial charge in [-0.25, -0.2) is 0 Å². The third-order valence-corrected chi connectivity index (χ3v) is 5.09. The lowest BCUT2D eigenvalue weighted by Crippen LogP contribution is -2.52. The molecule has 0 atom stereocenters. The van der Waals surface area contributed by atoms with Gasteiger partial charge in [0.05, 0.1) is 6.54 Å². The van der Waals surface area contributed by atoms with E-state index >= 15 is 0 Å². The molecule has 0 aromatic heterocycles. The van der Waals surface area contributed by atoms with Crippen molar-refractivity contribution in [1.29, 1.82) is 0 Å². The van der Waals surface area contributed by atoms with Crippen LogP contribution in [0.2, 0.25) is 0 Å². The van der Waals surface area contributed by atoms with Crippen molar-refractivity contribution >= 4 is 24.2 Å². The predicted molar refractivity (Wildman–Crippen MR) is 105 cm³/mol. The van der Waals surface area contributed by atoms with Crippen LogP contribution in [-0.4, -0.2) is 60.9 Å². The lowest BCUT2D eigenvalue weighted by Gasteiger charge is -2.35. The van der Waals surface area contributed by atoms with Gasteiger partial charge in [-0.1, -0.05) is 30.3 Å². The van der Waals surface area contributed by atoms with Crippen LogP contribution in [0.3, 0.4) is 0 Å². The van der Waals surface area contributed by atoms with Crippen molar-refractivity contribution in [1.82, 2.24) is 15.1 Å². The van der Waals surface area contributed by atoms with Gasteiger partial charge in [0.15, 0.2) is 0 Å². The quantitative estimate of drug-likeness (QED) is 0.752. The average molecular weight is 380 g/mol. The summed E-state index contributed by atoms with van der Waals surface area (Å²) >= 11 is 0. The van der Waals surface area contributed by atoms with Gasteiger partial charge in [0.2, 0.25) is 11.8 Å². The minimum Gasteiger partial charge on any atom is -0.339 e. The normalized spacial score (nSPS) is 16.9. The molecule has 1 aliphatic carbocycles. The van der Waals surface area contributed by atoms with Crippen molar-refractivity contribution in [3.63, 3.8) is 0 Å². The van der Waals surface area contributed by atoms with Gasteiger partial charge in [-0.2, -0.15) is 0 Å². The Balaban J connectivity index is 0.00000243. The maximum atomic E-state index is 12.3. The van der Waals surface area contributed by atoms with Gasteiger partial charge in [0.1, 0.15) is 0 Å². The number of aryl methyl sites for hydroxylation is 1. The van der Waals surface area contributed by atoms with Gasteiger partial charge >= 0.3 is 0 Å². The number of amides is 2. The first-order valence-electron chi connectivity index (χ1n) is 9.52. The van der Waals surface area contributed by atoms with Crippen LogP contribution < -0.4 is 5.32 Å². The number of carbonyl (C=O) groups is 2. The summed E-state index contributed by atoms with van der Waals surface area (Å²) in [7, 11) is 0. The number of piperazine rings is 1. The summed E-state index contributed by atoms with van der Waals surface area (Å²) in [6.07, 6.45) is 5.01. The van der Waals surface area contributed by atoms with Gasteiger partial charge in [0, 0.05) is 32.6 Å². The van der Waals surface area contributed by atoms with E-state index in [1.165, 1.54) is 18.4 Å². The molecule has 3 rings (SSSR count). The van der Waals surface area contributed by atoms with E-state index in [-0.39, 0.29) is 24.2 Å². The van der Waals surface area contributed by atoms with Crippen LogP contribution in [-0.2, 0) is 16.0 Å². The Morgan fingerprint density at radius 3 is 2.19 bits per heavy atom. The van der Waals surface area contributed by atoms with Crippen molar-refractivity contribution in [3.8, 4) is 0 Å². The Kier molecular flexibility index (Phi) is 8.39. The molecular weight excluding hydrogens is 350 g/mol. The summed E-state index contributed by atoms with van der Waals surface area (Å²) in [5.41, 5.74) is 1.28. The SMILES string of the molecule is Cl.O=C(CCCc1ccccc1)N1CCN(C(=O)CNCC2CC2)CC1. The van der Waals surface area contributed by atoms with Crippen molar-refractivity contribution in [3.05, 3.63) is 35.9 Å². The van der Waals surface area contributed by atoms with Crippen molar-refractivity contribution in [2.45, 2.75) is 32.1 Å².